The first-order chi connectivity index (χ1) is 7.27. The van der Waals surface area contributed by atoms with Gasteiger partial charge in [0.05, 0.1) is 11.6 Å². The van der Waals surface area contributed by atoms with Crippen LogP contribution in [0, 0.1) is 5.92 Å². The quantitative estimate of drug-likeness (QED) is 0.763. The van der Waals surface area contributed by atoms with Crippen molar-refractivity contribution in [1.29, 1.82) is 0 Å². The molecule has 1 aliphatic rings. The van der Waals surface area contributed by atoms with Gasteiger partial charge in [-0.2, -0.15) is 0 Å². The molecule has 4 nitrogen and oxygen atoms in total. The van der Waals surface area contributed by atoms with E-state index < -0.39 is 5.97 Å². The summed E-state index contributed by atoms with van der Waals surface area (Å²) in [6, 6.07) is 6.01. The molecule has 1 aromatic heterocycles. The normalized spacial score (nSPS) is 26.1. The van der Waals surface area contributed by atoms with Gasteiger partial charge in [-0.05, 0) is 25.0 Å². The van der Waals surface area contributed by atoms with E-state index in [4.69, 9.17) is 5.11 Å². The van der Waals surface area contributed by atoms with Gasteiger partial charge in [0.2, 0.25) is 0 Å². The number of nitrogens with zero attached hydrogens (tertiary/aromatic N) is 1. The lowest BCUT2D eigenvalue weighted by Gasteiger charge is -2.27. The van der Waals surface area contributed by atoms with Crippen molar-refractivity contribution in [2.24, 2.45) is 5.92 Å². The predicted molar refractivity (Wildman–Crippen MR) is 55.3 cm³/mol. The molecule has 0 saturated carbocycles. The van der Waals surface area contributed by atoms with Crippen molar-refractivity contribution in [2.75, 3.05) is 6.54 Å². The Balaban J connectivity index is 1.97. The maximum absolute atomic E-state index is 10.7. The van der Waals surface area contributed by atoms with Crippen molar-refractivity contribution >= 4 is 5.97 Å². The molecule has 2 rings (SSSR count). The number of hydrogen-bond donors (Lipinski definition) is 2. The Morgan fingerprint density at radius 1 is 1.47 bits per heavy atom. The van der Waals surface area contributed by atoms with Crippen molar-refractivity contribution < 1.29 is 9.90 Å². The van der Waals surface area contributed by atoms with E-state index >= 15 is 0 Å². The lowest BCUT2D eigenvalue weighted by Crippen LogP contribution is -2.37. The summed E-state index contributed by atoms with van der Waals surface area (Å²) in [5.74, 6) is -0.952. The van der Waals surface area contributed by atoms with Gasteiger partial charge >= 0.3 is 5.97 Å². The predicted octanol–water partition coefficient (Wildman–Crippen LogP) is 1.21. The summed E-state index contributed by atoms with van der Waals surface area (Å²) in [6.07, 6.45) is 3.33. The fraction of sp³-hybridized carbons (Fsp3) is 0.455. The standard InChI is InChI=1S/C11H14N2O2/c14-11(15)8-4-5-10(13-7-8)9-3-1-2-6-12-9/h1-3,6,8,10,13H,4-5,7H2,(H,14,15). The third kappa shape index (κ3) is 2.33. The van der Waals surface area contributed by atoms with Crippen molar-refractivity contribution in [3.8, 4) is 0 Å². The minimum Gasteiger partial charge on any atom is -0.481 e. The molecule has 1 saturated heterocycles. The molecule has 2 atom stereocenters. The minimum atomic E-state index is -0.707. The molecule has 1 aromatic rings. The molecule has 2 heterocycles. The number of carbonyl (C=O) groups is 1. The van der Waals surface area contributed by atoms with Gasteiger partial charge in [-0.15, -0.1) is 0 Å². The van der Waals surface area contributed by atoms with Gasteiger partial charge in [0.1, 0.15) is 0 Å². The number of piperidine rings is 1. The summed E-state index contributed by atoms with van der Waals surface area (Å²) in [7, 11) is 0. The van der Waals surface area contributed by atoms with E-state index in [1.807, 2.05) is 18.2 Å². The second-order valence-corrected chi connectivity index (χ2v) is 3.83. The molecule has 1 aliphatic heterocycles. The Hall–Kier alpha value is -1.42. The van der Waals surface area contributed by atoms with Crippen LogP contribution >= 0.6 is 0 Å². The maximum Gasteiger partial charge on any atom is 0.307 e. The lowest BCUT2D eigenvalue weighted by molar-refractivity contribution is -0.142. The van der Waals surface area contributed by atoms with Crippen molar-refractivity contribution in [2.45, 2.75) is 18.9 Å². The monoisotopic (exact) mass is 206 g/mol. The first-order valence-electron chi connectivity index (χ1n) is 5.14. The Labute approximate surface area is 88.3 Å². The summed E-state index contributed by atoms with van der Waals surface area (Å²) in [4.78, 5) is 15.0. The molecule has 15 heavy (non-hydrogen) atoms. The summed E-state index contributed by atoms with van der Waals surface area (Å²) in [5.41, 5.74) is 1.00. The highest BCUT2D eigenvalue weighted by Gasteiger charge is 2.26. The second-order valence-electron chi connectivity index (χ2n) is 3.83. The number of nitrogens with one attached hydrogen (secondary N) is 1. The summed E-state index contributed by atoms with van der Waals surface area (Å²) < 4.78 is 0. The van der Waals surface area contributed by atoms with E-state index in [9.17, 15) is 4.79 Å². The van der Waals surface area contributed by atoms with E-state index in [2.05, 4.69) is 10.3 Å². The van der Waals surface area contributed by atoms with Crippen LogP contribution in [0.1, 0.15) is 24.6 Å². The van der Waals surface area contributed by atoms with E-state index in [0.29, 0.717) is 6.54 Å². The fourth-order valence-electron chi connectivity index (χ4n) is 1.90. The zero-order valence-corrected chi connectivity index (χ0v) is 8.39. The third-order valence-electron chi connectivity index (χ3n) is 2.81. The molecule has 1 fully saturated rings. The van der Waals surface area contributed by atoms with E-state index in [1.54, 1.807) is 6.20 Å². The molecule has 0 amide bonds. The minimum absolute atomic E-state index is 0.210. The molecule has 0 aromatic carbocycles. The van der Waals surface area contributed by atoms with Crippen LogP contribution in [0.3, 0.4) is 0 Å². The molecular weight excluding hydrogens is 192 g/mol. The summed E-state index contributed by atoms with van der Waals surface area (Å²) in [6.45, 7) is 0.538. The smallest absolute Gasteiger partial charge is 0.307 e. The van der Waals surface area contributed by atoms with Crippen LogP contribution < -0.4 is 5.32 Å². The molecule has 4 heteroatoms. The molecule has 0 aliphatic carbocycles. The van der Waals surface area contributed by atoms with Crippen LogP contribution in [0.25, 0.3) is 0 Å². The highest BCUT2D eigenvalue weighted by atomic mass is 16.4. The van der Waals surface area contributed by atoms with Gasteiger partial charge in [0.25, 0.3) is 0 Å². The van der Waals surface area contributed by atoms with E-state index in [0.717, 1.165) is 18.5 Å². The number of pyridine rings is 1. The maximum atomic E-state index is 10.7. The summed E-state index contributed by atoms with van der Waals surface area (Å²) in [5, 5.41) is 12.1. The third-order valence-corrected chi connectivity index (χ3v) is 2.81. The topological polar surface area (TPSA) is 62.2 Å². The van der Waals surface area contributed by atoms with Crippen molar-refractivity contribution in [1.82, 2.24) is 10.3 Å². The lowest BCUT2D eigenvalue weighted by atomic mass is 9.93. The number of aromatic nitrogens is 1. The van der Waals surface area contributed by atoms with Crippen LogP contribution in [0.15, 0.2) is 24.4 Å². The Morgan fingerprint density at radius 2 is 2.33 bits per heavy atom. The zero-order chi connectivity index (χ0) is 10.7. The van der Waals surface area contributed by atoms with Gasteiger partial charge in [0, 0.05) is 18.8 Å². The van der Waals surface area contributed by atoms with E-state index in [1.165, 1.54) is 0 Å². The first-order valence-corrected chi connectivity index (χ1v) is 5.14. The number of hydrogen-bond acceptors (Lipinski definition) is 3. The molecule has 0 bridgehead atoms. The van der Waals surface area contributed by atoms with Crippen LogP contribution in [0.4, 0.5) is 0 Å². The molecule has 80 valence electrons. The van der Waals surface area contributed by atoms with Crippen LogP contribution in [-0.2, 0) is 4.79 Å². The fourth-order valence-corrected chi connectivity index (χ4v) is 1.90. The van der Waals surface area contributed by atoms with Gasteiger partial charge < -0.3 is 10.4 Å². The molecule has 0 radical (unpaired) electrons. The van der Waals surface area contributed by atoms with Crippen LogP contribution in [0.2, 0.25) is 0 Å². The first kappa shape index (κ1) is 10.1. The second kappa shape index (κ2) is 4.40. The molecule has 0 spiro atoms. The van der Waals surface area contributed by atoms with Crippen molar-refractivity contribution in [3.63, 3.8) is 0 Å². The SMILES string of the molecule is O=C(O)C1CCC(c2ccccn2)NC1. The Bertz CT molecular complexity index is 332. The molecule has 2 unspecified atom stereocenters. The Kier molecular flexibility index (Phi) is 2.97. The van der Waals surface area contributed by atoms with E-state index in [-0.39, 0.29) is 12.0 Å². The number of rotatable bonds is 2. The number of carboxylic acids is 1. The zero-order valence-electron chi connectivity index (χ0n) is 8.39. The number of carboxylic acid groups (broad SMARTS) is 1. The van der Waals surface area contributed by atoms with Crippen LogP contribution in [-0.4, -0.2) is 22.6 Å². The highest BCUT2D eigenvalue weighted by molar-refractivity contribution is 5.70. The molecule has 2 N–H and O–H groups in total. The summed E-state index contributed by atoms with van der Waals surface area (Å²) >= 11 is 0. The largest absolute Gasteiger partial charge is 0.481 e. The number of aliphatic carboxylic acids is 1. The highest BCUT2D eigenvalue weighted by Crippen LogP contribution is 2.24. The Morgan fingerprint density at radius 3 is 2.87 bits per heavy atom. The average molecular weight is 206 g/mol. The van der Waals surface area contributed by atoms with Crippen molar-refractivity contribution in [3.05, 3.63) is 30.1 Å². The van der Waals surface area contributed by atoms with Gasteiger partial charge in [-0.3, -0.25) is 9.78 Å². The molecular formula is C11H14N2O2. The average Bonchev–Trinajstić information content (AvgIpc) is 2.30. The van der Waals surface area contributed by atoms with Gasteiger partial charge in [-0.1, -0.05) is 6.07 Å². The van der Waals surface area contributed by atoms with Crippen LogP contribution in [0.5, 0.6) is 0 Å². The van der Waals surface area contributed by atoms with Gasteiger partial charge in [-0.25, -0.2) is 0 Å². The van der Waals surface area contributed by atoms with Gasteiger partial charge in [0.15, 0.2) is 0 Å².